The SMILES string of the molecule is Oc1ccccc1-c1cc2c(C3CC3)cc(N3CC4(CNC4)C3)cc2nn1. The van der Waals surface area contributed by atoms with Crippen LogP contribution in [0.3, 0.4) is 0 Å². The van der Waals surface area contributed by atoms with Crippen molar-refractivity contribution in [1.82, 2.24) is 15.5 Å². The van der Waals surface area contributed by atoms with Gasteiger partial charge in [-0.15, -0.1) is 10.2 Å². The smallest absolute Gasteiger partial charge is 0.125 e. The molecule has 5 nitrogen and oxygen atoms in total. The van der Waals surface area contributed by atoms with Gasteiger partial charge in [0.05, 0.1) is 11.2 Å². The van der Waals surface area contributed by atoms with Gasteiger partial charge < -0.3 is 15.3 Å². The lowest BCUT2D eigenvalue weighted by Crippen LogP contribution is -2.71. The summed E-state index contributed by atoms with van der Waals surface area (Å²) in [5.74, 6) is 0.880. The lowest BCUT2D eigenvalue weighted by Gasteiger charge is -2.57. The first-order valence-corrected chi connectivity index (χ1v) is 9.76. The van der Waals surface area contributed by atoms with Crippen LogP contribution in [0.25, 0.3) is 22.2 Å². The summed E-state index contributed by atoms with van der Waals surface area (Å²) in [7, 11) is 0. The van der Waals surface area contributed by atoms with Gasteiger partial charge in [-0.05, 0) is 54.7 Å². The predicted octanol–water partition coefficient (Wildman–Crippen LogP) is 3.29. The Morgan fingerprint density at radius 1 is 1.04 bits per heavy atom. The molecule has 0 atom stereocenters. The highest BCUT2D eigenvalue weighted by Crippen LogP contribution is 2.46. The lowest BCUT2D eigenvalue weighted by molar-refractivity contribution is 0.121. The van der Waals surface area contributed by atoms with E-state index in [4.69, 9.17) is 0 Å². The Kier molecular flexibility index (Phi) is 3.09. The maximum atomic E-state index is 10.2. The molecule has 2 N–H and O–H groups in total. The molecular weight excluding hydrogens is 336 g/mol. The Hall–Kier alpha value is -2.66. The summed E-state index contributed by atoms with van der Waals surface area (Å²) in [6, 6.07) is 14.0. The van der Waals surface area contributed by atoms with Gasteiger partial charge in [0.2, 0.25) is 0 Å². The third kappa shape index (κ3) is 2.42. The van der Waals surface area contributed by atoms with Gasteiger partial charge in [0.15, 0.2) is 0 Å². The number of aromatic hydroxyl groups is 1. The van der Waals surface area contributed by atoms with Gasteiger partial charge in [0.25, 0.3) is 0 Å². The number of nitrogens with zero attached hydrogens (tertiary/aromatic N) is 3. The molecular formula is C22H22N4O. The van der Waals surface area contributed by atoms with Crippen LogP contribution in [0.15, 0.2) is 42.5 Å². The number of para-hydroxylation sites is 1. The molecule has 1 aliphatic carbocycles. The Morgan fingerprint density at radius 3 is 2.56 bits per heavy atom. The molecule has 136 valence electrons. The summed E-state index contributed by atoms with van der Waals surface area (Å²) in [6.45, 7) is 4.57. The van der Waals surface area contributed by atoms with Gasteiger partial charge in [0.1, 0.15) is 5.75 Å². The van der Waals surface area contributed by atoms with Crippen LogP contribution < -0.4 is 10.2 Å². The van der Waals surface area contributed by atoms with Gasteiger partial charge in [-0.2, -0.15) is 0 Å². The van der Waals surface area contributed by atoms with Crippen molar-refractivity contribution < 1.29 is 5.11 Å². The minimum Gasteiger partial charge on any atom is -0.507 e. The molecule has 0 amide bonds. The third-order valence-electron chi connectivity index (χ3n) is 6.34. The minimum absolute atomic E-state index is 0.246. The number of rotatable bonds is 3. The average molecular weight is 358 g/mol. The van der Waals surface area contributed by atoms with Gasteiger partial charge in [-0.25, -0.2) is 0 Å². The Morgan fingerprint density at radius 2 is 1.85 bits per heavy atom. The molecule has 2 aromatic carbocycles. The summed E-state index contributed by atoms with van der Waals surface area (Å²) in [5, 5.41) is 23.7. The summed E-state index contributed by atoms with van der Waals surface area (Å²) in [6.07, 6.45) is 2.50. The molecule has 27 heavy (non-hydrogen) atoms. The van der Waals surface area contributed by atoms with Crippen molar-refractivity contribution in [2.75, 3.05) is 31.1 Å². The van der Waals surface area contributed by atoms with E-state index in [9.17, 15) is 5.11 Å². The van der Waals surface area contributed by atoms with Crippen molar-refractivity contribution in [3.8, 4) is 17.0 Å². The Bertz CT molecular complexity index is 1050. The zero-order chi connectivity index (χ0) is 18.0. The zero-order valence-electron chi connectivity index (χ0n) is 15.2. The molecule has 2 saturated heterocycles. The lowest BCUT2D eigenvalue weighted by atomic mass is 9.74. The van der Waals surface area contributed by atoms with Crippen LogP contribution in [0.1, 0.15) is 24.3 Å². The second kappa shape index (κ2) is 5.42. The van der Waals surface area contributed by atoms with E-state index < -0.39 is 0 Å². The van der Waals surface area contributed by atoms with Crippen LogP contribution >= 0.6 is 0 Å². The average Bonchev–Trinajstić information content (AvgIpc) is 3.44. The number of nitrogens with one attached hydrogen (secondary N) is 1. The largest absolute Gasteiger partial charge is 0.507 e. The van der Waals surface area contributed by atoms with Crippen LogP contribution in [0.2, 0.25) is 0 Å². The van der Waals surface area contributed by atoms with Gasteiger partial charge >= 0.3 is 0 Å². The second-order valence-electron chi connectivity index (χ2n) is 8.45. The first kappa shape index (κ1) is 15.4. The molecule has 0 unspecified atom stereocenters. The number of phenols is 1. The van der Waals surface area contributed by atoms with E-state index in [1.807, 2.05) is 18.2 Å². The van der Waals surface area contributed by atoms with Crippen molar-refractivity contribution >= 4 is 16.6 Å². The highest BCUT2D eigenvalue weighted by Gasteiger charge is 2.47. The monoisotopic (exact) mass is 358 g/mol. The maximum Gasteiger partial charge on any atom is 0.125 e. The van der Waals surface area contributed by atoms with Crippen molar-refractivity contribution in [3.05, 3.63) is 48.0 Å². The Labute approximate surface area is 158 Å². The maximum absolute atomic E-state index is 10.2. The van der Waals surface area contributed by atoms with E-state index in [1.54, 1.807) is 6.07 Å². The summed E-state index contributed by atoms with van der Waals surface area (Å²) >= 11 is 0. The molecule has 3 aliphatic rings. The van der Waals surface area contributed by atoms with Crippen LogP contribution in [0.4, 0.5) is 5.69 Å². The van der Waals surface area contributed by atoms with E-state index >= 15 is 0 Å². The first-order valence-electron chi connectivity index (χ1n) is 9.76. The number of phenolic OH excluding ortho intramolecular Hbond substituents is 1. The molecule has 3 fully saturated rings. The zero-order valence-corrected chi connectivity index (χ0v) is 15.2. The molecule has 2 aliphatic heterocycles. The number of fused-ring (bicyclic) bond motifs is 1. The molecule has 0 bridgehead atoms. The second-order valence-corrected chi connectivity index (χ2v) is 8.45. The molecule has 6 rings (SSSR count). The number of benzene rings is 2. The highest BCUT2D eigenvalue weighted by molar-refractivity contribution is 5.89. The van der Waals surface area contributed by atoms with E-state index in [0.717, 1.165) is 43.0 Å². The number of aromatic nitrogens is 2. The fourth-order valence-corrected chi connectivity index (χ4v) is 4.54. The molecule has 0 radical (unpaired) electrons. The molecule has 1 aromatic heterocycles. The summed E-state index contributed by atoms with van der Waals surface area (Å²) in [5.41, 5.74) is 5.61. The van der Waals surface area contributed by atoms with E-state index in [2.05, 4.69) is 38.6 Å². The van der Waals surface area contributed by atoms with Gasteiger partial charge in [-0.3, -0.25) is 0 Å². The molecule has 3 aromatic rings. The first-order chi connectivity index (χ1) is 13.2. The van der Waals surface area contributed by atoms with Crippen LogP contribution in [0, 0.1) is 5.41 Å². The van der Waals surface area contributed by atoms with Crippen molar-refractivity contribution in [2.45, 2.75) is 18.8 Å². The van der Waals surface area contributed by atoms with Gasteiger partial charge in [-0.1, -0.05) is 12.1 Å². The molecule has 5 heteroatoms. The van der Waals surface area contributed by atoms with Crippen LogP contribution in [-0.2, 0) is 0 Å². The van der Waals surface area contributed by atoms with Crippen molar-refractivity contribution in [2.24, 2.45) is 5.41 Å². The molecule has 1 saturated carbocycles. The molecule has 1 spiro atoms. The fraction of sp³-hybridized carbons (Fsp3) is 0.364. The summed E-state index contributed by atoms with van der Waals surface area (Å²) in [4.78, 5) is 2.48. The quantitative estimate of drug-likeness (QED) is 0.752. The van der Waals surface area contributed by atoms with E-state index in [1.165, 1.54) is 29.5 Å². The number of hydrogen-bond acceptors (Lipinski definition) is 5. The van der Waals surface area contributed by atoms with E-state index in [-0.39, 0.29) is 5.75 Å². The highest BCUT2D eigenvalue weighted by atomic mass is 16.3. The predicted molar refractivity (Wildman–Crippen MR) is 106 cm³/mol. The normalized spacial score (nSPS) is 20.5. The standard InChI is InChI=1S/C22H22N4O/c27-21-4-2-1-3-16(21)20-9-18-17(14-5-6-14)7-15(8-19(18)24-25-20)26-12-22(13-26)10-23-11-22/h1-4,7-9,14,23,27H,5-6,10-13H2. The van der Waals surface area contributed by atoms with Crippen LogP contribution in [-0.4, -0.2) is 41.5 Å². The van der Waals surface area contributed by atoms with Crippen molar-refractivity contribution in [3.63, 3.8) is 0 Å². The van der Waals surface area contributed by atoms with Crippen molar-refractivity contribution in [1.29, 1.82) is 0 Å². The minimum atomic E-state index is 0.246. The third-order valence-corrected chi connectivity index (χ3v) is 6.34. The summed E-state index contributed by atoms with van der Waals surface area (Å²) < 4.78 is 0. The Balaban J connectivity index is 1.43. The van der Waals surface area contributed by atoms with Crippen LogP contribution in [0.5, 0.6) is 5.75 Å². The van der Waals surface area contributed by atoms with Gasteiger partial charge in [0, 0.05) is 48.2 Å². The topological polar surface area (TPSA) is 61.3 Å². The fourth-order valence-electron chi connectivity index (χ4n) is 4.54. The van der Waals surface area contributed by atoms with E-state index in [0.29, 0.717) is 11.3 Å². The number of anilines is 1. The number of hydrogen-bond donors (Lipinski definition) is 2. The molecule has 3 heterocycles.